The molecule has 10 nitrogen and oxygen atoms in total. The van der Waals surface area contributed by atoms with Crippen molar-refractivity contribution in [2.24, 2.45) is 0 Å². The van der Waals surface area contributed by atoms with Gasteiger partial charge in [-0.05, 0) is 13.8 Å². The first-order chi connectivity index (χ1) is 7.12. The van der Waals surface area contributed by atoms with Crippen molar-refractivity contribution in [2.45, 2.75) is 13.8 Å². The van der Waals surface area contributed by atoms with Crippen molar-refractivity contribution in [2.75, 3.05) is 13.2 Å². The molecular formula is C4H10MgO10S2. The second-order valence-electron chi connectivity index (χ2n) is 1.77. The van der Waals surface area contributed by atoms with E-state index in [0.717, 1.165) is 0 Å². The van der Waals surface area contributed by atoms with E-state index in [2.05, 4.69) is 18.4 Å². The predicted molar refractivity (Wildman–Crippen MR) is 50.6 cm³/mol. The van der Waals surface area contributed by atoms with Gasteiger partial charge in [-0.3, -0.25) is 0 Å². The number of hydrogen-bond donors (Lipinski definition) is 0. The van der Waals surface area contributed by atoms with E-state index in [1.165, 1.54) is 13.8 Å². The van der Waals surface area contributed by atoms with Crippen LogP contribution in [0.4, 0.5) is 0 Å². The molecule has 0 bridgehead atoms. The minimum atomic E-state index is -4.66. The van der Waals surface area contributed by atoms with Crippen molar-refractivity contribution >= 4 is 43.9 Å². The largest absolute Gasteiger partial charge is 2.00 e. The predicted octanol–water partition coefficient (Wildman–Crippen LogP) is -1.55. The molecule has 0 fully saturated rings. The van der Waals surface area contributed by atoms with Gasteiger partial charge in [0.1, 0.15) is 0 Å². The zero-order valence-corrected chi connectivity index (χ0v) is 12.1. The minimum absolute atomic E-state index is 0. The van der Waals surface area contributed by atoms with Crippen molar-refractivity contribution in [3.8, 4) is 0 Å². The van der Waals surface area contributed by atoms with Gasteiger partial charge in [-0.25, -0.2) is 26.6 Å². The summed E-state index contributed by atoms with van der Waals surface area (Å²) >= 11 is 0. The average Bonchev–Trinajstić information content (AvgIpc) is 2.10. The molecule has 0 saturated carbocycles. The van der Waals surface area contributed by atoms with Gasteiger partial charge in [0, 0.05) is 0 Å². The van der Waals surface area contributed by atoms with E-state index >= 15 is 0 Å². The first-order valence-electron chi connectivity index (χ1n) is 3.66. The number of hydrogen-bond acceptors (Lipinski definition) is 10. The van der Waals surface area contributed by atoms with Gasteiger partial charge in [-0.1, -0.05) is 0 Å². The summed E-state index contributed by atoms with van der Waals surface area (Å²) in [6, 6.07) is 0. The average molecular weight is 307 g/mol. The molecule has 0 aliphatic carbocycles. The monoisotopic (exact) mass is 306 g/mol. The van der Waals surface area contributed by atoms with E-state index in [4.69, 9.17) is 0 Å². The van der Waals surface area contributed by atoms with E-state index in [0.29, 0.717) is 0 Å². The molecule has 0 unspecified atom stereocenters. The van der Waals surface area contributed by atoms with Crippen LogP contribution >= 0.6 is 0 Å². The van der Waals surface area contributed by atoms with E-state index in [-0.39, 0.29) is 36.3 Å². The van der Waals surface area contributed by atoms with Gasteiger partial charge >= 0.3 is 23.1 Å². The van der Waals surface area contributed by atoms with Gasteiger partial charge in [0.2, 0.25) is 20.8 Å². The third-order valence-electron chi connectivity index (χ3n) is 0.499. The number of rotatable bonds is 6. The normalized spacial score (nSPS) is 11.1. The van der Waals surface area contributed by atoms with Crippen LogP contribution in [0.1, 0.15) is 13.8 Å². The fourth-order valence-electron chi connectivity index (χ4n) is 0.214. The topological polar surface area (TPSA) is 151 Å². The zero-order valence-electron chi connectivity index (χ0n) is 9.02. The summed E-state index contributed by atoms with van der Waals surface area (Å²) in [5, 5.41) is 0. The summed E-state index contributed by atoms with van der Waals surface area (Å²) in [5.41, 5.74) is 0. The van der Waals surface area contributed by atoms with Crippen molar-refractivity contribution < 1.29 is 44.4 Å². The maximum atomic E-state index is 9.49. The Balaban J connectivity index is -0.000000218. The fraction of sp³-hybridized carbons (Fsp3) is 1.00. The quantitative estimate of drug-likeness (QED) is 0.185. The van der Waals surface area contributed by atoms with Crippen molar-refractivity contribution in [3.63, 3.8) is 0 Å². The van der Waals surface area contributed by atoms with E-state index in [1.54, 1.807) is 0 Å². The van der Waals surface area contributed by atoms with Crippen LogP contribution in [0.5, 0.6) is 0 Å². The van der Waals surface area contributed by atoms with Crippen molar-refractivity contribution in [1.82, 2.24) is 0 Å². The van der Waals surface area contributed by atoms with Crippen LogP contribution in [0.15, 0.2) is 0 Å². The SMILES string of the molecule is CCOOS(=O)(=O)[O-].CCOOS(=O)(=O)[O-].[Mg+2]. The van der Waals surface area contributed by atoms with E-state index in [9.17, 15) is 25.9 Å². The Hall–Kier alpha value is 0.426. The molecule has 0 N–H and O–H groups in total. The van der Waals surface area contributed by atoms with Gasteiger partial charge in [0.05, 0.1) is 13.2 Å². The molecule has 0 heterocycles. The van der Waals surface area contributed by atoms with Gasteiger partial charge in [-0.15, -0.1) is 8.67 Å². The molecule has 13 heteroatoms. The molecule has 0 spiro atoms. The first kappa shape index (κ1) is 22.6. The molecule has 0 aliphatic heterocycles. The van der Waals surface area contributed by atoms with Crippen LogP contribution in [0.3, 0.4) is 0 Å². The second-order valence-corrected chi connectivity index (χ2v) is 3.67. The van der Waals surface area contributed by atoms with Crippen LogP contribution in [-0.4, -0.2) is 62.2 Å². The molecule has 100 valence electrons. The molecule has 0 rings (SSSR count). The maximum absolute atomic E-state index is 9.49. The Bertz CT molecular complexity index is 311. The first-order valence-corrected chi connectivity index (χ1v) is 6.32. The summed E-state index contributed by atoms with van der Waals surface area (Å²) in [4.78, 5) is 7.59. The summed E-state index contributed by atoms with van der Waals surface area (Å²) in [7, 11) is -9.32. The third kappa shape index (κ3) is 31.4. The molecule has 17 heavy (non-hydrogen) atoms. The summed E-state index contributed by atoms with van der Waals surface area (Å²) in [6.45, 7) is 3.04. The van der Waals surface area contributed by atoms with E-state index in [1.807, 2.05) is 0 Å². The maximum Gasteiger partial charge on any atom is 2.00 e. The van der Waals surface area contributed by atoms with Gasteiger partial charge < -0.3 is 9.11 Å². The van der Waals surface area contributed by atoms with Gasteiger partial charge in [0.15, 0.2) is 0 Å². The third-order valence-corrected chi connectivity index (χ3v) is 1.02. The Kier molecular flexibility index (Phi) is 15.3. The Morgan fingerprint density at radius 3 is 1.12 bits per heavy atom. The fourth-order valence-corrected chi connectivity index (χ4v) is 0.642. The van der Waals surface area contributed by atoms with Gasteiger partial charge in [0.25, 0.3) is 0 Å². The standard InChI is InChI=1S/2C2H6O5S.Mg/c2*1-2-6-7-8(3,4)5;/h2*2H2,1H3,(H,3,4,5);/q;;+2/p-2. The molecule has 0 aromatic rings. The molecule has 0 saturated heterocycles. The van der Waals surface area contributed by atoms with Crippen LogP contribution in [-0.2, 0) is 39.2 Å². The molecule has 0 aromatic heterocycles. The van der Waals surface area contributed by atoms with Gasteiger partial charge in [-0.2, -0.15) is 0 Å². The Morgan fingerprint density at radius 2 is 1.06 bits per heavy atom. The smallest absolute Gasteiger partial charge is 0.724 e. The molecule has 0 atom stereocenters. The Labute approximate surface area is 115 Å². The molecule has 0 aliphatic rings. The molecule has 0 radical (unpaired) electrons. The van der Waals surface area contributed by atoms with Crippen LogP contribution in [0.2, 0.25) is 0 Å². The molecular weight excluding hydrogens is 296 g/mol. The summed E-state index contributed by atoms with van der Waals surface area (Å²) < 4.78 is 63.5. The molecule has 0 aromatic carbocycles. The zero-order chi connectivity index (χ0) is 13.2. The van der Waals surface area contributed by atoms with Crippen molar-refractivity contribution in [1.29, 1.82) is 0 Å². The Morgan fingerprint density at radius 1 is 0.824 bits per heavy atom. The van der Waals surface area contributed by atoms with Crippen LogP contribution < -0.4 is 0 Å². The van der Waals surface area contributed by atoms with Crippen LogP contribution in [0, 0.1) is 0 Å². The second kappa shape index (κ2) is 11.5. The van der Waals surface area contributed by atoms with Crippen molar-refractivity contribution in [3.05, 3.63) is 0 Å². The van der Waals surface area contributed by atoms with Crippen LogP contribution in [0.25, 0.3) is 0 Å². The molecule has 0 amide bonds. The van der Waals surface area contributed by atoms with E-state index < -0.39 is 20.8 Å². The minimum Gasteiger partial charge on any atom is -0.724 e. The summed E-state index contributed by atoms with van der Waals surface area (Å²) in [6.07, 6.45) is 0. The summed E-state index contributed by atoms with van der Waals surface area (Å²) in [5.74, 6) is 0.